The lowest BCUT2D eigenvalue weighted by molar-refractivity contribution is -0.384. The van der Waals surface area contributed by atoms with Crippen molar-refractivity contribution in [2.45, 2.75) is 19.8 Å². The molecule has 1 aromatic heterocycles. The van der Waals surface area contributed by atoms with Gasteiger partial charge in [-0.25, -0.2) is 4.98 Å². The Labute approximate surface area is 168 Å². The Hall–Kier alpha value is -3.04. The van der Waals surface area contributed by atoms with Crippen LogP contribution in [0.3, 0.4) is 0 Å². The van der Waals surface area contributed by atoms with Gasteiger partial charge in [0.05, 0.1) is 15.1 Å². The first kappa shape index (κ1) is 19.7. The number of benzene rings is 2. The van der Waals surface area contributed by atoms with Crippen LogP contribution in [0.5, 0.6) is 0 Å². The molecule has 2 amide bonds. The van der Waals surface area contributed by atoms with E-state index in [2.05, 4.69) is 15.6 Å². The maximum absolute atomic E-state index is 12.4. The SMILES string of the molecule is CCCC(=O)Nc1nc2ccc(NC(=O)c3ccc(Cl)c([N+](=O)[O-])c3)cc2s1. The first-order valence-corrected chi connectivity index (χ1v) is 9.52. The van der Waals surface area contributed by atoms with Crippen LogP contribution in [0, 0.1) is 10.1 Å². The van der Waals surface area contributed by atoms with Crippen molar-refractivity contribution in [2.24, 2.45) is 0 Å². The second-order valence-corrected chi connectivity index (χ2v) is 7.31. The van der Waals surface area contributed by atoms with Crippen LogP contribution in [-0.2, 0) is 4.79 Å². The summed E-state index contributed by atoms with van der Waals surface area (Å²) in [7, 11) is 0. The van der Waals surface area contributed by atoms with Crippen LogP contribution in [0.2, 0.25) is 5.02 Å². The summed E-state index contributed by atoms with van der Waals surface area (Å²) in [5, 5.41) is 16.9. The van der Waals surface area contributed by atoms with Gasteiger partial charge >= 0.3 is 0 Å². The van der Waals surface area contributed by atoms with Crippen molar-refractivity contribution in [2.75, 3.05) is 10.6 Å². The molecule has 0 aliphatic rings. The van der Waals surface area contributed by atoms with Crippen LogP contribution >= 0.6 is 22.9 Å². The zero-order valence-corrected chi connectivity index (χ0v) is 16.3. The number of hydrogen-bond acceptors (Lipinski definition) is 6. The first-order valence-electron chi connectivity index (χ1n) is 8.33. The van der Waals surface area contributed by atoms with Gasteiger partial charge in [-0.15, -0.1) is 0 Å². The van der Waals surface area contributed by atoms with Gasteiger partial charge in [0.25, 0.3) is 11.6 Å². The van der Waals surface area contributed by atoms with Gasteiger partial charge < -0.3 is 10.6 Å². The highest BCUT2D eigenvalue weighted by molar-refractivity contribution is 7.22. The molecule has 0 saturated heterocycles. The normalized spacial score (nSPS) is 10.6. The number of carbonyl (C=O) groups is 2. The molecule has 0 aliphatic carbocycles. The van der Waals surface area contributed by atoms with Crippen molar-refractivity contribution in [3.63, 3.8) is 0 Å². The second-order valence-electron chi connectivity index (χ2n) is 5.88. The molecule has 0 unspecified atom stereocenters. The number of halogens is 1. The standard InChI is InChI=1S/C18H15ClN4O4S/c1-2-3-16(24)22-18-21-13-7-5-11(9-15(13)28-18)20-17(25)10-4-6-12(19)14(8-10)23(26)27/h4-9H,2-3H2,1H3,(H,20,25)(H,21,22,24). The molecule has 0 atom stereocenters. The Kier molecular flexibility index (Phi) is 5.86. The Balaban J connectivity index is 1.78. The van der Waals surface area contributed by atoms with Crippen LogP contribution in [0.4, 0.5) is 16.5 Å². The highest BCUT2D eigenvalue weighted by Crippen LogP contribution is 2.29. The molecule has 0 spiro atoms. The molecule has 144 valence electrons. The van der Waals surface area contributed by atoms with Crippen LogP contribution in [-0.4, -0.2) is 21.7 Å². The number of fused-ring (bicyclic) bond motifs is 1. The molecule has 0 bridgehead atoms. The van der Waals surface area contributed by atoms with E-state index in [1.807, 2.05) is 6.92 Å². The van der Waals surface area contributed by atoms with Crippen LogP contribution in [0.15, 0.2) is 36.4 Å². The topological polar surface area (TPSA) is 114 Å². The van der Waals surface area contributed by atoms with Gasteiger partial charge in [0.1, 0.15) is 5.02 Å². The molecule has 0 fully saturated rings. The number of nitro benzene ring substituents is 1. The van der Waals surface area contributed by atoms with Crippen LogP contribution in [0.1, 0.15) is 30.1 Å². The first-order chi connectivity index (χ1) is 13.4. The van der Waals surface area contributed by atoms with Gasteiger partial charge in [0, 0.05) is 23.7 Å². The minimum absolute atomic E-state index is 0.0368. The average Bonchev–Trinajstić information content (AvgIpc) is 3.03. The maximum Gasteiger partial charge on any atom is 0.288 e. The van der Waals surface area contributed by atoms with E-state index < -0.39 is 10.8 Å². The summed E-state index contributed by atoms with van der Waals surface area (Å²) >= 11 is 7.07. The Bertz CT molecular complexity index is 1080. The molecule has 0 radical (unpaired) electrons. The van der Waals surface area contributed by atoms with E-state index in [4.69, 9.17) is 11.6 Å². The van der Waals surface area contributed by atoms with E-state index in [0.717, 1.165) is 17.2 Å². The smallest absolute Gasteiger partial charge is 0.288 e. The summed E-state index contributed by atoms with van der Waals surface area (Å²) in [6, 6.07) is 8.97. The number of carbonyl (C=O) groups excluding carboxylic acids is 2. The van der Waals surface area contributed by atoms with E-state index in [1.165, 1.54) is 23.5 Å². The number of hydrogen-bond donors (Lipinski definition) is 2. The fraction of sp³-hybridized carbons (Fsp3) is 0.167. The zero-order valence-electron chi connectivity index (χ0n) is 14.7. The van der Waals surface area contributed by atoms with Crippen LogP contribution < -0.4 is 10.6 Å². The number of anilines is 2. The van der Waals surface area contributed by atoms with Gasteiger partial charge in [-0.1, -0.05) is 29.9 Å². The molecule has 0 saturated carbocycles. The number of nitrogens with one attached hydrogen (secondary N) is 2. The fourth-order valence-electron chi connectivity index (χ4n) is 2.46. The lowest BCUT2D eigenvalue weighted by Crippen LogP contribution is -2.12. The number of nitrogens with zero attached hydrogens (tertiary/aromatic N) is 2. The number of nitro groups is 1. The summed E-state index contributed by atoms with van der Waals surface area (Å²) in [6.07, 6.45) is 1.17. The average molecular weight is 419 g/mol. The van der Waals surface area contributed by atoms with Gasteiger partial charge in [-0.05, 0) is 36.8 Å². The maximum atomic E-state index is 12.4. The summed E-state index contributed by atoms with van der Waals surface area (Å²) in [4.78, 5) is 38.8. The van der Waals surface area contributed by atoms with Crippen molar-refractivity contribution in [3.05, 3.63) is 57.1 Å². The Morgan fingerprint density at radius 1 is 1.21 bits per heavy atom. The summed E-state index contributed by atoms with van der Waals surface area (Å²) in [6.45, 7) is 1.92. The molecule has 0 aliphatic heterocycles. The highest BCUT2D eigenvalue weighted by Gasteiger charge is 2.17. The number of thiazole rings is 1. The highest BCUT2D eigenvalue weighted by atomic mass is 35.5. The zero-order chi connectivity index (χ0) is 20.3. The fourth-order valence-corrected chi connectivity index (χ4v) is 3.57. The number of amides is 2. The van der Waals surface area contributed by atoms with Crippen molar-refractivity contribution in [1.29, 1.82) is 0 Å². The van der Waals surface area contributed by atoms with E-state index in [1.54, 1.807) is 18.2 Å². The molecule has 2 aromatic carbocycles. The molecular weight excluding hydrogens is 404 g/mol. The summed E-state index contributed by atoms with van der Waals surface area (Å²) in [5.41, 5.74) is 0.981. The largest absolute Gasteiger partial charge is 0.322 e. The van der Waals surface area contributed by atoms with Crippen molar-refractivity contribution < 1.29 is 14.5 Å². The van der Waals surface area contributed by atoms with E-state index in [0.29, 0.717) is 22.8 Å². The van der Waals surface area contributed by atoms with E-state index >= 15 is 0 Å². The van der Waals surface area contributed by atoms with E-state index in [-0.39, 0.29) is 22.2 Å². The molecule has 28 heavy (non-hydrogen) atoms. The molecule has 8 nitrogen and oxygen atoms in total. The van der Waals surface area contributed by atoms with Gasteiger partial charge in [0.2, 0.25) is 5.91 Å². The van der Waals surface area contributed by atoms with Crippen molar-refractivity contribution >= 4 is 61.5 Å². The number of aromatic nitrogens is 1. The number of rotatable bonds is 6. The van der Waals surface area contributed by atoms with Gasteiger partial charge in [-0.2, -0.15) is 0 Å². The van der Waals surface area contributed by atoms with Crippen molar-refractivity contribution in [1.82, 2.24) is 4.98 Å². The third kappa shape index (κ3) is 4.44. The molecule has 3 rings (SSSR count). The molecular formula is C18H15ClN4O4S. The predicted molar refractivity (Wildman–Crippen MR) is 109 cm³/mol. The van der Waals surface area contributed by atoms with Crippen molar-refractivity contribution in [3.8, 4) is 0 Å². The minimum atomic E-state index is -0.642. The molecule has 10 heteroatoms. The van der Waals surface area contributed by atoms with Gasteiger partial charge in [-0.3, -0.25) is 19.7 Å². The molecule has 3 aromatic rings. The molecule has 2 N–H and O–H groups in total. The minimum Gasteiger partial charge on any atom is -0.322 e. The summed E-state index contributed by atoms with van der Waals surface area (Å²) < 4.78 is 0.784. The third-order valence-corrected chi connectivity index (χ3v) is 5.03. The monoisotopic (exact) mass is 418 g/mol. The van der Waals surface area contributed by atoms with Crippen LogP contribution in [0.25, 0.3) is 10.2 Å². The Morgan fingerprint density at radius 3 is 2.71 bits per heavy atom. The lowest BCUT2D eigenvalue weighted by atomic mass is 10.2. The second kappa shape index (κ2) is 8.32. The third-order valence-electron chi connectivity index (χ3n) is 3.77. The molecule has 1 heterocycles. The van der Waals surface area contributed by atoms with Gasteiger partial charge in [0.15, 0.2) is 5.13 Å². The Morgan fingerprint density at radius 2 is 2.00 bits per heavy atom. The quantitative estimate of drug-likeness (QED) is 0.438. The predicted octanol–water partition coefficient (Wildman–Crippen LogP) is 4.85. The van der Waals surface area contributed by atoms with E-state index in [9.17, 15) is 19.7 Å². The summed E-state index contributed by atoms with van der Waals surface area (Å²) in [5.74, 6) is -0.598. The lowest BCUT2D eigenvalue weighted by Gasteiger charge is -2.05.